The Bertz CT molecular complexity index is 477. The summed E-state index contributed by atoms with van der Waals surface area (Å²) in [6.45, 7) is 4.48. The van der Waals surface area contributed by atoms with E-state index in [1.807, 2.05) is 25.1 Å². The first-order valence-corrected chi connectivity index (χ1v) is 5.86. The Balaban J connectivity index is 2.05. The van der Waals surface area contributed by atoms with E-state index in [0.717, 1.165) is 22.6 Å². The highest BCUT2D eigenvalue weighted by Crippen LogP contribution is 2.31. The van der Waals surface area contributed by atoms with Crippen LogP contribution < -0.4 is 9.47 Å². The minimum atomic E-state index is -0.309. The van der Waals surface area contributed by atoms with E-state index in [4.69, 9.17) is 14.2 Å². The van der Waals surface area contributed by atoms with Gasteiger partial charge in [0, 0.05) is 6.92 Å². The molecule has 1 aliphatic heterocycles. The Hall–Kier alpha value is -1.97. The van der Waals surface area contributed by atoms with Crippen molar-refractivity contribution in [2.75, 3.05) is 13.2 Å². The molecule has 4 nitrogen and oxygen atoms in total. The first-order chi connectivity index (χ1) is 8.65. The average molecular weight is 248 g/mol. The molecule has 0 unspecified atom stereocenters. The second-order valence-corrected chi connectivity index (χ2v) is 4.23. The third kappa shape index (κ3) is 3.26. The van der Waals surface area contributed by atoms with Gasteiger partial charge in [0.1, 0.15) is 13.2 Å². The summed E-state index contributed by atoms with van der Waals surface area (Å²) in [4.78, 5) is 10.7. The van der Waals surface area contributed by atoms with Crippen LogP contribution in [0.5, 0.6) is 11.5 Å². The van der Waals surface area contributed by atoms with E-state index in [1.165, 1.54) is 13.2 Å². The molecule has 18 heavy (non-hydrogen) atoms. The zero-order chi connectivity index (χ0) is 13.0. The minimum Gasteiger partial charge on any atom is -0.486 e. The van der Waals surface area contributed by atoms with Gasteiger partial charge in [-0.05, 0) is 36.6 Å². The predicted octanol–water partition coefficient (Wildman–Crippen LogP) is 2.47. The van der Waals surface area contributed by atoms with E-state index in [2.05, 4.69) is 0 Å². The van der Waals surface area contributed by atoms with Crippen molar-refractivity contribution < 1.29 is 19.0 Å². The van der Waals surface area contributed by atoms with Crippen molar-refractivity contribution in [3.05, 3.63) is 35.6 Å². The molecule has 96 valence electrons. The van der Waals surface area contributed by atoms with Crippen LogP contribution in [0.4, 0.5) is 0 Å². The molecule has 0 fully saturated rings. The Morgan fingerprint density at radius 1 is 1.28 bits per heavy atom. The number of benzene rings is 1. The lowest BCUT2D eigenvalue weighted by atomic mass is 10.1. The van der Waals surface area contributed by atoms with Crippen LogP contribution in [-0.2, 0) is 16.0 Å². The highest BCUT2D eigenvalue weighted by atomic mass is 16.6. The third-order valence-electron chi connectivity index (χ3n) is 2.52. The van der Waals surface area contributed by atoms with E-state index >= 15 is 0 Å². The van der Waals surface area contributed by atoms with Crippen LogP contribution in [0.2, 0.25) is 0 Å². The van der Waals surface area contributed by atoms with Crippen molar-refractivity contribution >= 4 is 5.97 Å². The van der Waals surface area contributed by atoms with Gasteiger partial charge in [0.05, 0.1) is 6.26 Å². The fraction of sp³-hybridized carbons (Fsp3) is 0.357. The SMILES string of the molecule is CC(=O)O/C=C(\C)Cc1ccc2c(c1)OCCO2. The molecule has 0 amide bonds. The Labute approximate surface area is 106 Å². The summed E-state index contributed by atoms with van der Waals surface area (Å²) < 4.78 is 15.8. The number of carbonyl (C=O) groups is 1. The van der Waals surface area contributed by atoms with Gasteiger partial charge in [-0.1, -0.05) is 6.07 Å². The first-order valence-electron chi connectivity index (χ1n) is 5.86. The van der Waals surface area contributed by atoms with Gasteiger partial charge in [-0.25, -0.2) is 0 Å². The largest absolute Gasteiger partial charge is 0.486 e. The Morgan fingerprint density at radius 3 is 2.72 bits per heavy atom. The second-order valence-electron chi connectivity index (χ2n) is 4.23. The summed E-state index contributed by atoms with van der Waals surface area (Å²) in [5, 5.41) is 0. The second kappa shape index (κ2) is 5.58. The molecule has 1 aromatic rings. The van der Waals surface area contributed by atoms with E-state index in [9.17, 15) is 4.79 Å². The van der Waals surface area contributed by atoms with Crippen LogP contribution >= 0.6 is 0 Å². The van der Waals surface area contributed by atoms with Crippen LogP contribution in [-0.4, -0.2) is 19.2 Å². The molecule has 2 rings (SSSR count). The Morgan fingerprint density at radius 2 is 2.00 bits per heavy atom. The van der Waals surface area contributed by atoms with Crippen LogP contribution in [0.3, 0.4) is 0 Å². The number of carbonyl (C=O) groups excluding carboxylic acids is 1. The molecule has 0 aliphatic carbocycles. The van der Waals surface area contributed by atoms with Gasteiger partial charge in [-0.2, -0.15) is 0 Å². The van der Waals surface area contributed by atoms with Crippen molar-refractivity contribution in [1.82, 2.24) is 0 Å². The van der Waals surface area contributed by atoms with E-state index < -0.39 is 0 Å². The number of esters is 1. The number of allylic oxidation sites excluding steroid dienone is 1. The van der Waals surface area contributed by atoms with Crippen LogP contribution in [0.25, 0.3) is 0 Å². The molecule has 0 saturated carbocycles. The molecule has 1 aromatic carbocycles. The van der Waals surface area contributed by atoms with Crippen molar-refractivity contribution in [2.45, 2.75) is 20.3 Å². The zero-order valence-electron chi connectivity index (χ0n) is 10.6. The average Bonchev–Trinajstić information content (AvgIpc) is 2.36. The van der Waals surface area contributed by atoms with E-state index in [-0.39, 0.29) is 5.97 Å². The highest BCUT2D eigenvalue weighted by Gasteiger charge is 2.11. The van der Waals surface area contributed by atoms with Crippen molar-refractivity contribution in [2.24, 2.45) is 0 Å². The van der Waals surface area contributed by atoms with Gasteiger partial charge in [0.2, 0.25) is 0 Å². The molecule has 0 bridgehead atoms. The van der Waals surface area contributed by atoms with Gasteiger partial charge in [0.25, 0.3) is 0 Å². The maximum atomic E-state index is 10.7. The van der Waals surface area contributed by atoms with Gasteiger partial charge in [-0.15, -0.1) is 0 Å². The molecule has 0 aromatic heterocycles. The van der Waals surface area contributed by atoms with Crippen LogP contribution in [0.15, 0.2) is 30.0 Å². The third-order valence-corrected chi connectivity index (χ3v) is 2.52. The monoisotopic (exact) mass is 248 g/mol. The van der Waals surface area contributed by atoms with Crippen LogP contribution in [0, 0.1) is 0 Å². The summed E-state index contributed by atoms with van der Waals surface area (Å²) in [6, 6.07) is 5.85. The summed E-state index contributed by atoms with van der Waals surface area (Å²) in [6.07, 6.45) is 2.20. The van der Waals surface area contributed by atoms with Crippen molar-refractivity contribution in [3.63, 3.8) is 0 Å². The number of ether oxygens (including phenoxy) is 3. The van der Waals surface area contributed by atoms with Gasteiger partial charge >= 0.3 is 5.97 Å². The molecular formula is C14H16O4. The smallest absolute Gasteiger partial charge is 0.307 e. The fourth-order valence-electron chi connectivity index (χ4n) is 1.74. The first kappa shape index (κ1) is 12.5. The number of hydrogen-bond acceptors (Lipinski definition) is 4. The molecule has 0 saturated heterocycles. The van der Waals surface area contributed by atoms with Gasteiger partial charge in [0.15, 0.2) is 11.5 Å². The summed E-state index contributed by atoms with van der Waals surface area (Å²) in [5.41, 5.74) is 2.07. The summed E-state index contributed by atoms with van der Waals surface area (Å²) in [5.74, 6) is 1.25. The molecule has 0 radical (unpaired) electrons. The molecule has 0 atom stereocenters. The molecule has 1 heterocycles. The zero-order valence-corrected chi connectivity index (χ0v) is 10.6. The van der Waals surface area contributed by atoms with E-state index in [0.29, 0.717) is 19.6 Å². The van der Waals surface area contributed by atoms with Crippen molar-refractivity contribution in [3.8, 4) is 11.5 Å². The standard InChI is InChI=1S/C14H16O4/c1-10(9-18-11(2)15)7-12-3-4-13-14(8-12)17-6-5-16-13/h3-4,8-9H,5-7H2,1-2H3/b10-9+. The summed E-state index contributed by atoms with van der Waals surface area (Å²) in [7, 11) is 0. The molecule has 0 N–H and O–H groups in total. The van der Waals surface area contributed by atoms with Crippen LogP contribution in [0.1, 0.15) is 19.4 Å². The van der Waals surface area contributed by atoms with Gasteiger partial charge in [-0.3, -0.25) is 4.79 Å². The van der Waals surface area contributed by atoms with Gasteiger partial charge < -0.3 is 14.2 Å². The Kier molecular flexibility index (Phi) is 3.87. The lowest BCUT2D eigenvalue weighted by molar-refractivity contribution is -0.135. The molecule has 4 heteroatoms. The molecule has 1 aliphatic rings. The lowest BCUT2D eigenvalue weighted by Gasteiger charge is -2.18. The highest BCUT2D eigenvalue weighted by molar-refractivity contribution is 5.66. The molecular weight excluding hydrogens is 232 g/mol. The number of rotatable bonds is 3. The van der Waals surface area contributed by atoms with E-state index in [1.54, 1.807) is 0 Å². The normalized spacial score (nSPS) is 14.2. The molecule has 0 spiro atoms. The number of fused-ring (bicyclic) bond motifs is 1. The topological polar surface area (TPSA) is 44.8 Å². The van der Waals surface area contributed by atoms with Crippen molar-refractivity contribution in [1.29, 1.82) is 0 Å². The fourth-order valence-corrected chi connectivity index (χ4v) is 1.74. The summed E-state index contributed by atoms with van der Waals surface area (Å²) >= 11 is 0. The maximum Gasteiger partial charge on any atom is 0.307 e. The quantitative estimate of drug-likeness (QED) is 0.609. The lowest BCUT2D eigenvalue weighted by Crippen LogP contribution is -2.15. The predicted molar refractivity (Wildman–Crippen MR) is 66.7 cm³/mol. The maximum absolute atomic E-state index is 10.7. The minimum absolute atomic E-state index is 0.309. The number of hydrogen-bond donors (Lipinski definition) is 0.